The molecular formula is C19H30Cl2N4O3. The topological polar surface area (TPSA) is 96.7 Å². The van der Waals surface area contributed by atoms with Gasteiger partial charge in [0.25, 0.3) is 0 Å². The van der Waals surface area contributed by atoms with Gasteiger partial charge >= 0.3 is 0 Å². The van der Waals surface area contributed by atoms with Crippen LogP contribution in [0.2, 0.25) is 0 Å². The van der Waals surface area contributed by atoms with Crippen LogP contribution in [0.25, 0.3) is 0 Å². The van der Waals surface area contributed by atoms with Gasteiger partial charge in [0.1, 0.15) is 0 Å². The van der Waals surface area contributed by atoms with E-state index in [1.807, 2.05) is 12.1 Å². The van der Waals surface area contributed by atoms with Crippen LogP contribution in [0.15, 0.2) is 24.3 Å². The number of nitrogens with two attached hydrogens (primary N) is 1. The molecule has 1 aliphatic heterocycles. The van der Waals surface area contributed by atoms with Gasteiger partial charge in [0, 0.05) is 36.4 Å². The predicted octanol–water partition coefficient (Wildman–Crippen LogP) is 2.26. The molecule has 3 rings (SSSR count). The molecule has 0 bridgehead atoms. The lowest BCUT2D eigenvalue weighted by atomic mass is 9.85. The molecule has 2 amide bonds. The van der Waals surface area contributed by atoms with Crippen molar-refractivity contribution in [3.05, 3.63) is 24.3 Å². The summed E-state index contributed by atoms with van der Waals surface area (Å²) >= 11 is 0. The van der Waals surface area contributed by atoms with Crippen LogP contribution in [0.4, 0.5) is 11.4 Å². The van der Waals surface area contributed by atoms with E-state index in [0.717, 1.165) is 50.1 Å². The van der Waals surface area contributed by atoms with Crippen molar-refractivity contribution in [2.45, 2.75) is 31.7 Å². The summed E-state index contributed by atoms with van der Waals surface area (Å²) < 4.78 is 5.28. The Balaban J connectivity index is 0.00000196. The molecule has 2 unspecified atom stereocenters. The third-order valence-electron chi connectivity index (χ3n) is 4.99. The van der Waals surface area contributed by atoms with Gasteiger partial charge in [-0.15, -0.1) is 24.8 Å². The van der Waals surface area contributed by atoms with E-state index < -0.39 is 0 Å². The van der Waals surface area contributed by atoms with Gasteiger partial charge in [0.05, 0.1) is 19.8 Å². The first-order chi connectivity index (χ1) is 12.6. The monoisotopic (exact) mass is 432 g/mol. The van der Waals surface area contributed by atoms with Crippen LogP contribution < -0.4 is 16.4 Å². The van der Waals surface area contributed by atoms with E-state index in [1.54, 1.807) is 12.1 Å². The highest BCUT2D eigenvalue weighted by Crippen LogP contribution is 2.24. The maximum atomic E-state index is 12.3. The standard InChI is InChI=1S/C19H28N4O3.2ClH/c20-15-3-1-2-14(12-15)19(25)22-17-6-4-16(5-7-17)21-18(24)13-23-8-10-26-11-9-23;;/h4-7,14-15H,1-3,8-13,20H2,(H,21,24)(H,22,25);2*1H. The Morgan fingerprint density at radius 1 is 1.04 bits per heavy atom. The molecule has 1 saturated carbocycles. The quantitative estimate of drug-likeness (QED) is 0.662. The molecule has 1 saturated heterocycles. The average Bonchev–Trinajstić information content (AvgIpc) is 2.64. The van der Waals surface area contributed by atoms with E-state index >= 15 is 0 Å². The van der Waals surface area contributed by atoms with E-state index in [2.05, 4.69) is 15.5 Å². The maximum absolute atomic E-state index is 12.3. The van der Waals surface area contributed by atoms with Crippen LogP contribution in [0.1, 0.15) is 25.7 Å². The zero-order valence-corrected chi connectivity index (χ0v) is 17.5. The van der Waals surface area contributed by atoms with Crippen LogP contribution in [-0.4, -0.2) is 55.6 Å². The smallest absolute Gasteiger partial charge is 0.238 e. The van der Waals surface area contributed by atoms with Gasteiger partial charge in [-0.2, -0.15) is 0 Å². The molecule has 1 heterocycles. The lowest BCUT2D eigenvalue weighted by Gasteiger charge is -2.26. The number of amides is 2. The summed E-state index contributed by atoms with van der Waals surface area (Å²) in [6.45, 7) is 3.28. The molecule has 1 aliphatic carbocycles. The SMILES string of the molecule is Cl.Cl.NC1CCCC(C(=O)Nc2ccc(NC(=O)CN3CCOCC3)cc2)C1. The number of carbonyl (C=O) groups is 2. The normalized spacial score (nSPS) is 22.3. The summed E-state index contributed by atoms with van der Waals surface area (Å²) in [5.74, 6) is -0.0178. The maximum Gasteiger partial charge on any atom is 0.238 e. The van der Waals surface area contributed by atoms with Gasteiger partial charge in [-0.25, -0.2) is 0 Å². The highest BCUT2D eigenvalue weighted by molar-refractivity contribution is 5.94. The Kier molecular flexibility index (Phi) is 10.8. The third-order valence-corrected chi connectivity index (χ3v) is 4.99. The van der Waals surface area contributed by atoms with Crippen molar-refractivity contribution in [1.29, 1.82) is 0 Å². The first kappa shape index (κ1) is 24.7. The number of halogens is 2. The van der Waals surface area contributed by atoms with Crippen LogP contribution in [0.5, 0.6) is 0 Å². The lowest BCUT2D eigenvalue weighted by molar-refractivity contribution is -0.121. The molecule has 0 spiro atoms. The lowest BCUT2D eigenvalue weighted by Crippen LogP contribution is -2.41. The molecule has 0 aromatic heterocycles. The molecule has 9 heteroatoms. The fourth-order valence-electron chi connectivity index (χ4n) is 3.51. The van der Waals surface area contributed by atoms with Gasteiger partial charge in [0.2, 0.25) is 11.8 Å². The highest BCUT2D eigenvalue weighted by atomic mass is 35.5. The molecule has 1 aromatic rings. The van der Waals surface area contributed by atoms with Crippen molar-refractivity contribution in [1.82, 2.24) is 4.90 Å². The van der Waals surface area contributed by atoms with Crippen LogP contribution >= 0.6 is 24.8 Å². The van der Waals surface area contributed by atoms with Gasteiger partial charge in [0.15, 0.2) is 0 Å². The van der Waals surface area contributed by atoms with Crippen molar-refractivity contribution in [2.75, 3.05) is 43.5 Å². The first-order valence-corrected chi connectivity index (χ1v) is 9.36. The number of morpholine rings is 1. The molecule has 2 atom stereocenters. The van der Waals surface area contributed by atoms with Crippen molar-refractivity contribution in [3.63, 3.8) is 0 Å². The second-order valence-corrected chi connectivity index (χ2v) is 7.13. The second-order valence-electron chi connectivity index (χ2n) is 7.13. The molecule has 2 fully saturated rings. The molecule has 4 N–H and O–H groups in total. The molecule has 7 nitrogen and oxygen atoms in total. The Labute approximate surface area is 178 Å². The predicted molar refractivity (Wildman–Crippen MR) is 115 cm³/mol. The number of nitrogens with one attached hydrogen (secondary N) is 2. The minimum absolute atomic E-state index is 0. The Bertz CT molecular complexity index is 624. The molecule has 0 radical (unpaired) electrons. The zero-order valence-electron chi connectivity index (χ0n) is 15.9. The van der Waals surface area contributed by atoms with E-state index in [9.17, 15) is 9.59 Å². The Hall–Kier alpha value is -1.38. The summed E-state index contributed by atoms with van der Waals surface area (Å²) in [5, 5.41) is 5.84. The van der Waals surface area contributed by atoms with Crippen molar-refractivity contribution in [2.24, 2.45) is 11.7 Å². The fourth-order valence-corrected chi connectivity index (χ4v) is 3.51. The molecular weight excluding hydrogens is 403 g/mol. The molecule has 158 valence electrons. The van der Waals surface area contributed by atoms with Crippen LogP contribution in [-0.2, 0) is 14.3 Å². The number of carbonyl (C=O) groups excluding carboxylic acids is 2. The Morgan fingerprint density at radius 3 is 2.25 bits per heavy atom. The Morgan fingerprint density at radius 2 is 1.64 bits per heavy atom. The van der Waals surface area contributed by atoms with Crippen LogP contribution in [0, 0.1) is 5.92 Å². The van der Waals surface area contributed by atoms with Crippen molar-refractivity contribution < 1.29 is 14.3 Å². The van der Waals surface area contributed by atoms with Crippen molar-refractivity contribution >= 4 is 48.0 Å². The van der Waals surface area contributed by atoms with Gasteiger partial charge in [-0.05, 0) is 43.5 Å². The number of rotatable bonds is 5. The van der Waals surface area contributed by atoms with Gasteiger partial charge in [-0.1, -0.05) is 6.42 Å². The number of anilines is 2. The highest BCUT2D eigenvalue weighted by Gasteiger charge is 2.25. The number of hydrogen-bond acceptors (Lipinski definition) is 5. The summed E-state index contributed by atoms with van der Waals surface area (Å²) in [5.41, 5.74) is 7.42. The summed E-state index contributed by atoms with van der Waals surface area (Å²) in [6, 6.07) is 7.36. The summed E-state index contributed by atoms with van der Waals surface area (Å²) in [4.78, 5) is 26.5. The minimum Gasteiger partial charge on any atom is -0.379 e. The fraction of sp³-hybridized carbons (Fsp3) is 0.579. The largest absolute Gasteiger partial charge is 0.379 e. The van der Waals surface area contributed by atoms with E-state index in [0.29, 0.717) is 19.8 Å². The molecule has 28 heavy (non-hydrogen) atoms. The number of hydrogen-bond donors (Lipinski definition) is 3. The molecule has 1 aromatic carbocycles. The number of nitrogens with zero attached hydrogens (tertiary/aromatic N) is 1. The average molecular weight is 433 g/mol. The van der Waals surface area contributed by atoms with Gasteiger partial charge < -0.3 is 21.1 Å². The molecule has 2 aliphatic rings. The minimum atomic E-state index is -0.0418. The zero-order chi connectivity index (χ0) is 18.4. The first-order valence-electron chi connectivity index (χ1n) is 9.36. The number of benzene rings is 1. The van der Waals surface area contributed by atoms with E-state index in [4.69, 9.17) is 10.5 Å². The van der Waals surface area contributed by atoms with E-state index in [1.165, 1.54) is 0 Å². The second kappa shape index (κ2) is 12.2. The van der Waals surface area contributed by atoms with Crippen LogP contribution in [0.3, 0.4) is 0 Å². The van der Waals surface area contributed by atoms with E-state index in [-0.39, 0.29) is 48.6 Å². The summed E-state index contributed by atoms with van der Waals surface area (Å²) in [7, 11) is 0. The summed E-state index contributed by atoms with van der Waals surface area (Å²) in [6.07, 6.45) is 3.66. The van der Waals surface area contributed by atoms with Gasteiger partial charge in [-0.3, -0.25) is 14.5 Å². The third kappa shape index (κ3) is 7.56. The number of ether oxygens (including phenoxy) is 1. The van der Waals surface area contributed by atoms with Crippen molar-refractivity contribution in [3.8, 4) is 0 Å².